The normalized spacial score (nSPS) is 22.5. The quantitative estimate of drug-likeness (QED) is 0.554. The number of hydrogen-bond acceptors (Lipinski definition) is 6. The minimum absolute atomic E-state index is 0.0920. The maximum atomic E-state index is 12.8. The summed E-state index contributed by atoms with van der Waals surface area (Å²) in [5, 5.41) is 1.10. The Balaban J connectivity index is 1.26. The Morgan fingerprint density at radius 3 is 2.97 bits per heavy atom. The fourth-order valence-electron chi connectivity index (χ4n) is 4.24. The smallest absolute Gasteiger partial charge is 0.410 e. The summed E-state index contributed by atoms with van der Waals surface area (Å²) < 4.78 is 17.7. The average Bonchev–Trinajstić information content (AvgIpc) is 3.11. The van der Waals surface area contributed by atoms with E-state index in [9.17, 15) is 4.79 Å². The van der Waals surface area contributed by atoms with Crippen molar-refractivity contribution in [3.05, 3.63) is 65.4 Å². The number of pyridine rings is 2. The summed E-state index contributed by atoms with van der Waals surface area (Å²) >= 11 is 6.13. The number of rotatable bonds is 5. The van der Waals surface area contributed by atoms with Crippen molar-refractivity contribution >= 4 is 28.6 Å². The summed E-state index contributed by atoms with van der Waals surface area (Å²) in [6.45, 7) is 1.13. The van der Waals surface area contributed by atoms with Crippen LogP contribution in [0.3, 0.4) is 0 Å². The second-order valence-corrected chi connectivity index (χ2v) is 8.14. The van der Waals surface area contributed by atoms with E-state index < -0.39 is 0 Å². The number of piperidine rings is 1. The third-order valence-corrected chi connectivity index (χ3v) is 5.94. The highest BCUT2D eigenvalue weighted by atomic mass is 35.5. The van der Waals surface area contributed by atoms with Gasteiger partial charge in [-0.2, -0.15) is 0 Å². The highest BCUT2D eigenvalue weighted by Gasteiger charge is 2.45. The van der Waals surface area contributed by atoms with Gasteiger partial charge in [0.1, 0.15) is 24.5 Å². The Kier molecular flexibility index (Phi) is 5.61. The second kappa shape index (κ2) is 8.69. The van der Waals surface area contributed by atoms with Crippen LogP contribution in [0.1, 0.15) is 18.4 Å². The van der Waals surface area contributed by atoms with Crippen molar-refractivity contribution in [3.63, 3.8) is 0 Å². The Bertz CT molecular complexity index is 1080. The number of carbonyl (C=O) groups excluding carboxylic acids is 1. The molecular formula is C23H22ClN3O4. The molecule has 0 aliphatic carbocycles. The molecule has 3 aromatic rings. The first-order chi connectivity index (χ1) is 15.2. The minimum Gasteiger partial charge on any atom is -0.474 e. The minimum atomic E-state index is -0.321. The van der Waals surface area contributed by atoms with E-state index in [1.807, 2.05) is 42.5 Å². The maximum absolute atomic E-state index is 12.8. The molecule has 4 heterocycles. The lowest BCUT2D eigenvalue weighted by atomic mass is 10.0. The number of nitrogens with zero attached hydrogens (tertiary/aromatic N) is 3. The van der Waals surface area contributed by atoms with Crippen LogP contribution in [-0.4, -0.2) is 52.4 Å². The van der Waals surface area contributed by atoms with E-state index in [0.717, 1.165) is 29.3 Å². The molecule has 2 fully saturated rings. The maximum Gasteiger partial charge on any atom is 0.410 e. The Labute approximate surface area is 184 Å². The number of likely N-dealkylation sites (tertiary alicyclic amines) is 1. The molecule has 3 atom stereocenters. The lowest BCUT2D eigenvalue weighted by Gasteiger charge is -2.32. The van der Waals surface area contributed by atoms with Crippen LogP contribution in [0.5, 0.6) is 5.88 Å². The van der Waals surface area contributed by atoms with E-state index >= 15 is 0 Å². The molecule has 8 heteroatoms. The van der Waals surface area contributed by atoms with Crippen LogP contribution in [0.15, 0.2) is 54.7 Å². The van der Waals surface area contributed by atoms with E-state index in [4.69, 9.17) is 25.8 Å². The number of carbonyl (C=O) groups is 1. The fourth-order valence-corrected chi connectivity index (χ4v) is 4.42. The molecule has 2 bridgehead atoms. The fraction of sp³-hybridized carbons (Fsp3) is 0.348. The molecule has 0 saturated carbocycles. The zero-order valence-corrected chi connectivity index (χ0v) is 17.6. The molecule has 2 aromatic heterocycles. The van der Waals surface area contributed by atoms with Gasteiger partial charge >= 0.3 is 6.09 Å². The van der Waals surface area contributed by atoms with Crippen molar-refractivity contribution in [3.8, 4) is 5.88 Å². The molecule has 5 rings (SSSR count). The van der Waals surface area contributed by atoms with Gasteiger partial charge in [-0.05, 0) is 30.5 Å². The van der Waals surface area contributed by atoms with E-state index in [1.165, 1.54) is 0 Å². The van der Waals surface area contributed by atoms with Crippen molar-refractivity contribution in [2.45, 2.75) is 37.7 Å². The molecule has 0 N–H and O–H groups in total. The lowest BCUT2D eigenvalue weighted by Crippen LogP contribution is -2.48. The van der Waals surface area contributed by atoms with Crippen molar-refractivity contribution in [2.24, 2.45) is 0 Å². The summed E-state index contributed by atoms with van der Waals surface area (Å²) in [4.78, 5) is 23.2. The lowest BCUT2D eigenvalue weighted by molar-refractivity contribution is 0.0131. The molecular weight excluding hydrogens is 418 g/mol. The zero-order valence-electron chi connectivity index (χ0n) is 16.8. The van der Waals surface area contributed by atoms with Gasteiger partial charge in [0.05, 0.1) is 23.0 Å². The second-order valence-electron chi connectivity index (χ2n) is 7.75. The topological polar surface area (TPSA) is 73.8 Å². The van der Waals surface area contributed by atoms with Crippen LogP contribution < -0.4 is 4.74 Å². The summed E-state index contributed by atoms with van der Waals surface area (Å²) in [5.74, 6) is 0.416. The van der Waals surface area contributed by atoms with E-state index in [-0.39, 0.29) is 37.6 Å². The van der Waals surface area contributed by atoms with E-state index in [2.05, 4.69) is 9.97 Å². The van der Waals surface area contributed by atoms with Gasteiger partial charge in [0.25, 0.3) is 0 Å². The van der Waals surface area contributed by atoms with Gasteiger partial charge in [-0.25, -0.2) is 9.78 Å². The molecule has 7 nitrogen and oxygen atoms in total. The first-order valence-electron chi connectivity index (χ1n) is 10.3. The molecule has 31 heavy (non-hydrogen) atoms. The summed E-state index contributed by atoms with van der Waals surface area (Å²) in [5.41, 5.74) is 1.68. The average molecular weight is 440 g/mol. The largest absolute Gasteiger partial charge is 0.474 e. The molecule has 2 aliphatic rings. The molecule has 0 unspecified atom stereocenters. The van der Waals surface area contributed by atoms with Crippen LogP contribution >= 0.6 is 11.6 Å². The Morgan fingerprint density at radius 2 is 2.10 bits per heavy atom. The number of halogens is 1. The van der Waals surface area contributed by atoms with E-state index in [0.29, 0.717) is 17.6 Å². The third kappa shape index (κ3) is 4.29. The molecule has 0 spiro atoms. The highest BCUT2D eigenvalue weighted by molar-refractivity contribution is 6.30. The summed E-state index contributed by atoms with van der Waals surface area (Å²) in [6.07, 6.45) is 2.81. The monoisotopic (exact) mass is 439 g/mol. The number of ether oxygens (including phenoxy) is 3. The third-order valence-electron chi connectivity index (χ3n) is 5.75. The van der Waals surface area contributed by atoms with Crippen LogP contribution in [0.2, 0.25) is 5.15 Å². The predicted molar refractivity (Wildman–Crippen MR) is 115 cm³/mol. The highest BCUT2D eigenvalue weighted by Crippen LogP contribution is 2.34. The molecule has 160 valence electrons. The molecule has 1 aromatic carbocycles. The van der Waals surface area contributed by atoms with Crippen LogP contribution in [0.4, 0.5) is 4.79 Å². The standard InChI is InChI=1S/C23H22ClN3O4/c24-21-12-18-17(7-4-9-25-18)22(26-21)29-14-20-19-11-16(31-20)8-10-27(19)23(28)30-13-15-5-2-1-3-6-15/h1-7,9,12,16,19-20H,8,10-11,13-14H2/t16-,19+,20+/m0/s1. The summed E-state index contributed by atoms with van der Waals surface area (Å²) in [7, 11) is 0. The van der Waals surface area contributed by atoms with Crippen LogP contribution in [-0.2, 0) is 16.1 Å². The molecule has 2 saturated heterocycles. The van der Waals surface area contributed by atoms with E-state index in [1.54, 1.807) is 17.2 Å². The van der Waals surface area contributed by atoms with Crippen molar-refractivity contribution in [2.75, 3.05) is 13.2 Å². The van der Waals surface area contributed by atoms with Gasteiger partial charge < -0.3 is 19.1 Å². The number of aromatic nitrogens is 2. The first kappa shape index (κ1) is 20.0. The first-order valence-corrected chi connectivity index (χ1v) is 10.7. The SMILES string of the molecule is O=C(OCc1ccccc1)N1CC[C@H]2C[C@@H]1[C@@H](COc1nc(Cl)cc3ncccc13)O2. The van der Waals surface area contributed by atoms with Gasteiger partial charge in [0.2, 0.25) is 5.88 Å². The van der Waals surface area contributed by atoms with Gasteiger partial charge in [0, 0.05) is 18.8 Å². The Morgan fingerprint density at radius 1 is 1.23 bits per heavy atom. The van der Waals surface area contributed by atoms with Crippen LogP contribution in [0.25, 0.3) is 10.9 Å². The van der Waals surface area contributed by atoms with Crippen molar-refractivity contribution < 1.29 is 19.0 Å². The van der Waals surface area contributed by atoms with Gasteiger partial charge in [-0.15, -0.1) is 0 Å². The zero-order chi connectivity index (χ0) is 21.2. The molecule has 0 radical (unpaired) electrons. The van der Waals surface area contributed by atoms with Crippen molar-refractivity contribution in [1.29, 1.82) is 0 Å². The predicted octanol–water partition coefficient (Wildman–Crippen LogP) is 4.23. The molecule has 1 amide bonds. The molecule has 2 aliphatic heterocycles. The van der Waals surface area contributed by atoms with Gasteiger partial charge in [-0.1, -0.05) is 41.9 Å². The van der Waals surface area contributed by atoms with Gasteiger partial charge in [-0.3, -0.25) is 4.98 Å². The number of hydrogen-bond donors (Lipinski definition) is 0. The number of benzene rings is 1. The van der Waals surface area contributed by atoms with Crippen LogP contribution in [0, 0.1) is 0 Å². The van der Waals surface area contributed by atoms with Crippen molar-refractivity contribution in [1.82, 2.24) is 14.9 Å². The summed E-state index contributed by atoms with van der Waals surface area (Å²) in [6, 6.07) is 15.0. The Hall–Kier alpha value is -2.90. The van der Waals surface area contributed by atoms with Gasteiger partial charge in [0.15, 0.2) is 0 Å². The number of fused-ring (bicyclic) bond motifs is 3. The number of amides is 1.